The topological polar surface area (TPSA) is 82.3 Å². The Labute approximate surface area is 130 Å². The molecule has 0 spiro atoms. The highest BCUT2D eigenvalue weighted by atomic mass is 35.5. The van der Waals surface area contributed by atoms with Gasteiger partial charge in [-0.05, 0) is 23.6 Å². The minimum atomic E-state index is -0.540. The van der Waals surface area contributed by atoms with E-state index in [1.54, 1.807) is 12.1 Å². The first kappa shape index (κ1) is 14.5. The maximum Gasteiger partial charge on any atom is 0.287 e. The third-order valence-corrected chi connectivity index (χ3v) is 3.89. The molecule has 6 nitrogen and oxygen atoms in total. The van der Waals surface area contributed by atoms with E-state index in [-0.39, 0.29) is 23.3 Å². The van der Waals surface area contributed by atoms with Crippen molar-refractivity contribution in [1.82, 2.24) is 4.98 Å². The van der Waals surface area contributed by atoms with Crippen LogP contribution in [0.1, 0.15) is 35.2 Å². The van der Waals surface area contributed by atoms with E-state index in [1.165, 1.54) is 12.1 Å². The monoisotopic (exact) mass is 318 g/mol. The molecule has 0 aliphatic heterocycles. The molecule has 0 saturated carbocycles. The van der Waals surface area contributed by atoms with Crippen molar-refractivity contribution in [1.29, 1.82) is 0 Å². The molecule has 22 heavy (non-hydrogen) atoms. The molecule has 1 aromatic carbocycles. The number of benzene rings is 1. The van der Waals surface area contributed by atoms with E-state index in [9.17, 15) is 14.9 Å². The SMILES string of the molecule is C[C@@H]1CC(=O)c2c(Oc3ccc([N+](=O)[O-])cn3)ccc(Cl)c21. The Kier molecular flexibility index (Phi) is 3.54. The van der Waals surface area contributed by atoms with Gasteiger partial charge in [0, 0.05) is 23.6 Å². The Bertz CT molecular complexity index is 774. The lowest BCUT2D eigenvalue weighted by Gasteiger charge is -2.11. The fourth-order valence-corrected chi connectivity index (χ4v) is 2.91. The van der Waals surface area contributed by atoms with Gasteiger partial charge in [0.05, 0.1) is 10.5 Å². The summed E-state index contributed by atoms with van der Waals surface area (Å²) in [5, 5.41) is 11.1. The van der Waals surface area contributed by atoms with Crippen LogP contribution in [0.4, 0.5) is 5.69 Å². The van der Waals surface area contributed by atoms with E-state index in [4.69, 9.17) is 16.3 Å². The lowest BCUT2D eigenvalue weighted by atomic mass is 10.0. The van der Waals surface area contributed by atoms with Crippen molar-refractivity contribution in [3.8, 4) is 11.6 Å². The molecule has 1 atom stereocenters. The summed E-state index contributed by atoms with van der Waals surface area (Å²) < 4.78 is 5.62. The molecule has 0 N–H and O–H groups in total. The van der Waals surface area contributed by atoms with Gasteiger partial charge in [0.25, 0.3) is 5.69 Å². The van der Waals surface area contributed by atoms with Gasteiger partial charge in [0.2, 0.25) is 5.88 Å². The second-order valence-electron chi connectivity index (χ2n) is 5.08. The summed E-state index contributed by atoms with van der Waals surface area (Å²) in [6.45, 7) is 1.93. The Balaban J connectivity index is 1.97. The van der Waals surface area contributed by atoms with Gasteiger partial charge in [0.1, 0.15) is 11.9 Å². The number of carbonyl (C=O) groups excluding carboxylic acids is 1. The molecule has 1 aliphatic carbocycles. The van der Waals surface area contributed by atoms with Crippen LogP contribution >= 0.6 is 11.6 Å². The number of nitrogens with zero attached hydrogens (tertiary/aromatic N) is 2. The van der Waals surface area contributed by atoms with Crippen LogP contribution in [0.2, 0.25) is 5.02 Å². The average molecular weight is 319 g/mol. The van der Waals surface area contributed by atoms with Crippen LogP contribution in [0.3, 0.4) is 0 Å². The quantitative estimate of drug-likeness (QED) is 0.627. The minimum absolute atomic E-state index is 0.0260. The number of nitro groups is 1. The number of Topliss-reactive ketones (excluding diaryl/α,β-unsaturated/α-hetero) is 1. The normalized spacial score (nSPS) is 16.5. The summed E-state index contributed by atoms with van der Waals surface area (Å²) in [6, 6.07) is 5.97. The van der Waals surface area contributed by atoms with Gasteiger partial charge < -0.3 is 4.74 Å². The van der Waals surface area contributed by atoms with Gasteiger partial charge in [-0.15, -0.1) is 0 Å². The first-order chi connectivity index (χ1) is 10.5. The van der Waals surface area contributed by atoms with Crippen molar-refractivity contribution in [3.63, 3.8) is 0 Å². The van der Waals surface area contributed by atoms with Crippen LogP contribution in [-0.4, -0.2) is 15.7 Å². The largest absolute Gasteiger partial charge is 0.438 e. The van der Waals surface area contributed by atoms with Crippen molar-refractivity contribution in [2.24, 2.45) is 0 Å². The highest BCUT2D eigenvalue weighted by Crippen LogP contribution is 2.43. The van der Waals surface area contributed by atoms with Gasteiger partial charge >= 0.3 is 0 Å². The molecule has 0 saturated heterocycles. The molecule has 1 aliphatic rings. The molecule has 7 heteroatoms. The Morgan fingerprint density at radius 3 is 2.77 bits per heavy atom. The van der Waals surface area contributed by atoms with Crippen LogP contribution in [0.15, 0.2) is 30.5 Å². The van der Waals surface area contributed by atoms with Gasteiger partial charge in [0.15, 0.2) is 5.78 Å². The van der Waals surface area contributed by atoms with Crippen LogP contribution < -0.4 is 4.74 Å². The van der Waals surface area contributed by atoms with Crippen LogP contribution in [0, 0.1) is 10.1 Å². The molecule has 0 bridgehead atoms. The number of carbonyl (C=O) groups is 1. The molecule has 0 fully saturated rings. The number of hydrogen-bond acceptors (Lipinski definition) is 5. The molecule has 2 aromatic rings. The number of pyridine rings is 1. The standard InChI is InChI=1S/C15H11ClN2O4/c1-8-6-11(19)15-12(4-3-10(16)14(8)15)22-13-5-2-9(7-17-13)18(20)21/h2-5,7-8H,6H2,1H3/t8-/m1/s1. The smallest absolute Gasteiger partial charge is 0.287 e. The van der Waals surface area contributed by atoms with Crippen molar-refractivity contribution in [2.75, 3.05) is 0 Å². The van der Waals surface area contributed by atoms with Gasteiger partial charge in [-0.2, -0.15) is 0 Å². The fraction of sp³-hybridized carbons (Fsp3) is 0.200. The second kappa shape index (κ2) is 5.38. The summed E-state index contributed by atoms with van der Waals surface area (Å²) >= 11 is 6.16. The number of aromatic nitrogens is 1. The fourth-order valence-electron chi connectivity index (χ4n) is 2.56. The van der Waals surface area contributed by atoms with E-state index in [0.29, 0.717) is 22.8 Å². The molecular formula is C15H11ClN2O4. The van der Waals surface area contributed by atoms with Crippen molar-refractivity contribution in [3.05, 3.63) is 56.7 Å². The van der Waals surface area contributed by atoms with Gasteiger partial charge in [-0.25, -0.2) is 4.98 Å². The number of fused-ring (bicyclic) bond motifs is 1. The second-order valence-corrected chi connectivity index (χ2v) is 5.48. The van der Waals surface area contributed by atoms with E-state index >= 15 is 0 Å². The van der Waals surface area contributed by atoms with Crippen molar-refractivity contribution in [2.45, 2.75) is 19.3 Å². The number of ketones is 1. The highest BCUT2D eigenvalue weighted by Gasteiger charge is 2.32. The minimum Gasteiger partial charge on any atom is -0.438 e. The third kappa shape index (κ3) is 2.42. The maximum atomic E-state index is 12.1. The van der Waals surface area contributed by atoms with E-state index in [0.717, 1.165) is 11.8 Å². The lowest BCUT2D eigenvalue weighted by Crippen LogP contribution is -1.98. The molecule has 3 rings (SSSR count). The maximum absolute atomic E-state index is 12.1. The number of halogens is 1. The Hall–Kier alpha value is -2.47. The highest BCUT2D eigenvalue weighted by molar-refractivity contribution is 6.32. The average Bonchev–Trinajstić information content (AvgIpc) is 2.78. The molecule has 1 aromatic heterocycles. The molecular weight excluding hydrogens is 308 g/mol. The van der Waals surface area contributed by atoms with Crippen molar-refractivity contribution >= 4 is 23.1 Å². The number of rotatable bonds is 3. The predicted octanol–water partition coefficient (Wildman–Crippen LogP) is 4.13. The third-order valence-electron chi connectivity index (χ3n) is 3.56. The first-order valence-corrected chi connectivity index (χ1v) is 6.99. The Morgan fingerprint density at radius 1 is 1.36 bits per heavy atom. The zero-order chi connectivity index (χ0) is 15.9. The first-order valence-electron chi connectivity index (χ1n) is 6.61. The van der Waals surface area contributed by atoms with E-state index < -0.39 is 4.92 Å². The zero-order valence-corrected chi connectivity index (χ0v) is 12.3. The van der Waals surface area contributed by atoms with E-state index in [1.807, 2.05) is 6.92 Å². The van der Waals surface area contributed by atoms with E-state index in [2.05, 4.69) is 4.98 Å². The molecule has 112 valence electrons. The van der Waals surface area contributed by atoms with Crippen LogP contribution in [0.25, 0.3) is 0 Å². The molecule has 0 radical (unpaired) electrons. The van der Waals surface area contributed by atoms with Gasteiger partial charge in [-0.3, -0.25) is 14.9 Å². The lowest BCUT2D eigenvalue weighted by molar-refractivity contribution is -0.385. The summed E-state index contributed by atoms with van der Waals surface area (Å²) in [5.74, 6) is 0.572. The molecule has 0 amide bonds. The van der Waals surface area contributed by atoms with Crippen LogP contribution in [-0.2, 0) is 0 Å². The predicted molar refractivity (Wildman–Crippen MR) is 79.8 cm³/mol. The molecule has 0 unspecified atom stereocenters. The molecule has 1 heterocycles. The summed E-state index contributed by atoms with van der Waals surface area (Å²) in [5.41, 5.74) is 1.13. The summed E-state index contributed by atoms with van der Waals surface area (Å²) in [7, 11) is 0. The van der Waals surface area contributed by atoms with Crippen LogP contribution in [0.5, 0.6) is 11.6 Å². The van der Waals surface area contributed by atoms with Crippen molar-refractivity contribution < 1.29 is 14.5 Å². The Morgan fingerprint density at radius 2 is 2.14 bits per heavy atom. The van der Waals surface area contributed by atoms with Gasteiger partial charge in [-0.1, -0.05) is 18.5 Å². The zero-order valence-electron chi connectivity index (χ0n) is 11.6. The summed E-state index contributed by atoms with van der Waals surface area (Å²) in [6.07, 6.45) is 1.50. The number of ether oxygens (including phenoxy) is 1. The summed E-state index contributed by atoms with van der Waals surface area (Å²) in [4.78, 5) is 26.1. The number of hydrogen-bond donors (Lipinski definition) is 0.